The van der Waals surface area contributed by atoms with Crippen LogP contribution in [0.1, 0.15) is 25.0 Å². The molecule has 1 N–H and O–H groups in total. The molecular weight excluding hydrogens is 262 g/mol. The van der Waals surface area contributed by atoms with Gasteiger partial charge >= 0.3 is 0 Å². The number of nitrogens with one attached hydrogen (secondary N) is 1. The number of amides is 1. The molecule has 0 saturated heterocycles. The van der Waals surface area contributed by atoms with Gasteiger partial charge in [-0.1, -0.05) is 18.2 Å². The van der Waals surface area contributed by atoms with Gasteiger partial charge in [0.15, 0.2) is 0 Å². The van der Waals surface area contributed by atoms with E-state index in [4.69, 9.17) is 4.74 Å². The van der Waals surface area contributed by atoms with Crippen molar-refractivity contribution in [3.8, 4) is 5.75 Å². The zero-order chi connectivity index (χ0) is 14.8. The van der Waals surface area contributed by atoms with Gasteiger partial charge in [0.25, 0.3) is 0 Å². The summed E-state index contributed by atoms with van der Waals surface area (Å²) in [5, 5.41) is 2.77. The number of anilines is 1. The van der Waals surface area contributed by atoms with Gasteiger partial charge in [0.1, 0.15) is 11.5 Å². The predicted octanol–water partition coefficient (Wildman–Crippen LogP) is 4.01. The van der Waals surface area contributed by atoms with E-state index >= 15 is 0 Å². The van der Waals surface area contributed by atoms with Crippen molar-refractivity contribution in [1.29, 1.82) is 0 Å². The summed E-state index contributed by atoms with van der Waals surface area (Å²) in [6.45, 7) is 3.59. The van der Waals surface area contributed by atoms with Crippen molar-refractivity contribution in [2.75, 3.05) is 5.32 Å². The molecule has 0 fully saturated rings. The molecule has 0 saturated carbocycles. The van der Waals surface area contributed by atoms with E-state index in [2.05, 4.69) is 18.3 Å². The van der Waals surface area contributed by atoms with Crippen LogP contribution >= 0.6 is 0 Å². The largest absolute Gasteiger partial charge is 0.456 e. The monoisotopic (exact) mass is 279 g/mol. The Balaban J connectivity index is 1.88. The van der Waals surface area contributed by atoms with Gasteiger partial charge in [-0.15, -0.1) is 0 Å². The molecule has 0 atom stereocenters. The maximum absolute atomic E-state index is 11.0. The Morgan fingerprint density at radius 3 is 2.52 bits per heavy atom. The van der Waals surface area contributed by atoms with Gasteiger partial charge in [0.05, 0.1) is 0 Å². The molecule has 0 aromatic heterocycles. The fourth-order valence-electron chi connectivity index (χ4n) is 2.53. The first kappa shape index (κ1) is 13.4. The third-order valence-electron chi connectivity index (χ3n) is 3.50. The van der Waals surface area contributed by atoms with E-state index in [-0.39, 0.29) is 5.91 Å². The second-order valence-corrected chi connectivity index (χ2v) is 5.25. The molecule has 0 bridgehead atoms. The smallest absolute Gasteiger partial charge is 0.221 e. The van der Waals surface area contributed by atoms with Crippen LogP contribution in [0.25, 0.3) is 5.76 Å². The Bertz CT molecular complexity index is 714. The molecule has 0 radical (unpaired) electrons. The first-order chi connectivity index (χ1) is 10.1. The lowest BCUT2D eigenvalue weighted by Crippen LogP contribution is -2.09. The van der Waals surface area contributed by atoms with E-state index in [1.54, 1.807) is 0 Å². The Hall–Kier alpha value is -2.55. The van der Waals surface area contributed by atoms with Crippen LogP contribution < -0.4 is 10.1 Å². The SMILES string of the molecule is CC(=O)Nc1ccc(C2=C(C)Cc3ccccc3O2)cc1. The van der Waals surface area contributed by atoms with Gasteiger partial charge in [-0.25, -0.2) is 0 Å². The standard InChI is InChI=1S/C18H17NO2/c1-12-11-15-5-3-4-6-17(15)21-18(12)14-7-9-16(10-8-14)19-13(2)20/h3-10H,11H2,1-2H3,(H,19,20). The maximum Gasteiger partial charge on any atom is 0.221 e. The molecule has 0 spiro atoms. The third-order valence-corrected chi connectivity index (χ3v) is 3.50. The summed E-state index contributed by atoms with van der Waals surface area (Å²) in [5.41, 5.74) is 4.24. The average Bonchev–Trinajstić information content (AvgIpc) is 2.47. The molecule has 1 aliphatic rings. The van der Waals surface area contributed by atoms with Crippen LogP contribution in [0.3, 0.4) is 0 Å². The summed E-state index contributed by atoms with van der Waals surface area (Å²) in [6.07, 6.45) is 0.902. The fraction of sp³-hybridized carbons (Fsp3) is 0.167. The van der Waals surface area contributed by atoms with E-state index in [0.717, 1.165) is 29.2 Å². The van der Waals surface area contributed by atoms with E-state index < -0.39 is 0 Å². The molecule has 2 aromatic carbocycles. The molecule has 3 rings (SSSR count). The van der Waals surface area contributed by atoms with Crippen LogP contribution in [0, 0.1) is 0 Å². The molecule has 106 valence electrons. The highest BCUT2D eigenvalue weighted by molar-refractivity contribution is 5.88. The number of carbonyl (C=O) groups is 1. The van der Waals surface area contributed by atoms with Crippen molar-refractivity contribution in [3.63, 3.8) is 0 Å². The van der Waals surface area contributed by atoms with Gasteiger partial charge in [-0.3, -0.25) is 4.79 Å². The molecule has 3 heteroatoms. The van der Waals surface area contributed by atoms with Crippen molar-refractivity contribution in [1.82, 2.24) is 0 Å². The number of ether oxygens (including phenoxy) is 1. The van der Waals surface area contributed by atoms with Crippen molar-refractivity contribution < 1.29 is 9.53 Å². The van der Waals surface area contributed by atoms with Gasteiger partial charge < -0.3 is 10.1 Å². The summed E-state index contributed by atoms with van der Waals surface area (Å²) in [5.74, 6) is 1.76. The minimum absolute atomic E-state index is 0.0685. The van der Waals surface area contributed by atoms with E-state index in [1.807, 2.05) is 42.5 Å². The Kier molecular flexibility index (Phi) is 3.48. The fourth-order valence-corrected chi connectivity index (χ4v) is 2.53. The molecule has 2 aromatic rings. The minimum Gasteiger partial charge on any atom is -0.456 e. The third kappa shape index (κ3) is 2.82. The Labute approximate surface area is 124 Å². The zero-order valence-electron chi connectivity index (χ0n) is 12.1. The van der Waals surface area contributed by atoms with Crippen LogP contribution in [-0.2, 0) is 11.2 Å². The number of benzene rings is 2. The lowest BCUT2D eigenvalue weighted by atomic mass is 9.98. The first-order valence-corrected chi connectivity index (χ1v) is 6.97. The van der Waals surface area contributed by atoms with Crippen molar-refractivity contribution >= 4 is 17.4 Å². The quantitative estimate of drug-likeness (QED) is 0.902. The Morgan fingerprint density at radius 2 is 1.81 bits per heavy atom. The average molecular weight is 279 g/mol. The summed E-state index contributed by atoms with van der Waals surface area (Å²) < 4.78 is 6.04. The van der Waals surface area contributed by atoms with Crippen molar-refractivity contribution in [3.05, 3.63) is 65.2 Å². The lowest BCUT2D eigenvalue weighted by molar-refractivity contribution is -0.114. The lowest BCUT2D eigenvalue weighted by Gasteiger charge is -2.22. The van der Waals surface area contributed by atoms with Crippen molar-refractivity contribution in [2.45, 2.75) is 20.3 Å². The highest BCUT2D eigenvalue weighted by Gasteiger charge is 2.17. The number of hydrogen-bond acceptors (Lipinski definition) is 2. The molecule has 21 heavy (non-hydrogen) atoms. The molecule has 1 aliphatic heterocycles. The predicted molar refractivity (Wildman–Crippen MR) is 84.1 cm³/mol. The molecular formula is C18H17NO2. The summed E-state index contributed by atoms with van der Waals surface area (Å²) in [6, 6.07) is 15.8. The minimum atomic E-state index is -0.0685. The normalized spacial score (nSPS) is 13.4. The van der Waals surface area contributed by atoms with Crippen LogP contribution in [0.4, 0.5) is 5.69 Å². The van der Waals surface area contributed by atoms with Crippen LogP contribution in [-0.4, -0.2) is 5.91 Å². The van der Waals surface area contributed by atoms with Gasteiger partial charge in [0.2, 0.25) is 5.91 Å². The molecule has 0 unspecified atom stereocenters. The highest BCUT2D eigenvalue weighted by Crippen LogP contribution is 2.34. The van der Waals surface area contributed by atoms with E-state index in [0.29, 0.717) is 0 Å². The number of hydrogen-bond donors (Lipinski definition) is 1. The van der Waals surface area contributed by atoms with Crippen LogP contribution in [0.15, 0.2) is 54.1 Å². The van der Waals surface area contributed by atoms with E-state index in [1.165, 1.54) is 18.1 Å². The second kappa shape index (κ2) is 5.44. The van der Waals surface area contributed by atoms with Gasteiger partial charge in [-0.2, -0.15) is 0 Å². The number of para-hydroxylation sites is 1. The summed E-state index contributed by atoms with van der Waals surface area (Å²) in [4.78, 5) is 11.0. The molecule has 0 aliphatic carbocycles. The van der Waals surface area contributed by atoms with Crippen LogP contribution in [0.2, 0.25) is 0 Å². The number of carbonyl (C=O) groups excluding carboxylic acids is 1. The van der Waals surface area contributed by atoms with Crippen LogP contribution in [0.5, 0.6) is 5.75 Å². The zero-order valence-corrected chi connectivity index (χ0v) is 12.1. The number of rotatable bonds is 2. The molecule has 1 amide bonds. The van der Waals surface area contributed by atoms with Gasteiger partial charge in [-0.05, 0) is 48.4 Å². The maximum atomic E-state index is 11.0. The first-order valence-electron chi connectivity index (χ1n) is 6.97. The summed E-state index contributed by atoms with van der Waals surface area (Å²) >= 11 is 0. The topological polar surface area (TPSA) is 38.3 Å². The Morgan fingerprint density at radius 1 is 1.10 bits per heavy atom. The number of allylic oxidation sites excluding steroid dienone is 1. The number of fused-ring (bicyclic) bond motifs is 1. The highest BCUT2D eigenvalue weighted by atomic mass is 16.5. The summed E-state index contributed by atoms with van der Waals surface area (Å²) in [7, 11) is 0. The molecule has 1 heterocycles. The second-order valence-electron chi connectivity index (χ2n) is 5.25. The van der Waals surface area contributed by atoms with Crippen molar-refractivity contribution in [2.24, 2.45) is 0 Å². The van der Waals surface area contributed by atoms with E-state index in [9.17, 15) is 4.79 Å². The van der Waals surface area contributed by atoms with Gasteiger partial charge in [0, 0.05) is 24.6 Å². The molecule has 3 nitrogen and oxygen atoms in total.